The fraction of sp³-hybridized carbons (Fsp3) is 0.778. The van der Waals surface area contributed by atoms with Crippen LogP contribution in [0.25, 0.3) is 0 Å². The van der Waals surface area contributed by atoms with Crippen molar-refractivity contribution in [3.8, 4) is 0 Å². The molecule has 4 saturated carbocycles. The number of hydrogen-bond acceptors (Lipinski definition) is 7. The van der Waals surface area contributed by atoms with Gasteiger partial charge in [-0.3, -0.25) is 15.5 Å². The molecule has 1 aromatic heterocycles. The molecule has 8 heteroatoms. The maximum absolute atomic E-state index is 11.8. The monoisotopic (exact) mass is 360 g/mol. The van der Waals surface area contributed by atoms with Crippen LogP contribution in [0.2, 0.25) is 0 Å². The van der Waals surface area contributed by atoms with E-state index in [9.17, 15) is 10.1 Å². The summed E-state index contributed by atoms with van der Waals surface area (Å²) < 4.78 is 0. The molecular weight excluding hydrogens is 332 g/mol. The van der Waals surface area contributed by atoms with Gasteiger partial charge >= 0.3 is 5.69 Å². The fourth-order valence-corrected chi connectivity index (χ4v) is 5.50. The molecule has 5 rings (SSSR count). The Bertz CT molecular complexity index is 679. The smallest absolute Gasteiger partial charge is 0.354 e. The van der Waals surface area contributed by atoms with Gasteiger partial charge in [-0.15, -0.1) is 0 Å². The average Bonchev–Trinajstić information content (AvgIpc) is 2.50. The molecule has 4 fully saturated rings. The molecule has 0 spiro atoms. The molecule has 0 atom stereocenters. The Labute approximate surface area is 153 Å². The summed E-state index contributed by atoms with van der Waals surface area (Å²) in [6.07, 6.45) is 8.68. The standard InChI is InChI=1S/C18H28N6O2/c1-17(2,3)23-22-16-14(24(25)26)15(19-10-20-16)21-18-7-11-4-12(8-18)6-13(5-11)9-18/h10-13,23H,4-9H2,1-3H3,(H2,19,20,21,22). The summed E-state index contributed by atoms with van der Waals surface area (Å²) in [5, 5.41) is 15.3. The Balaban J connectivity index is 1.61. The Hall–Kier alpha value is -1.96. The molecule has 0 radical (unpaired) electrons. The minimum absolute atomic E-state index is 0.0391. The van der Waals surface area contributed by atoms with Crippen LogP contribution in [0.5, 0.6) is 0 Å². The summed E-state index contributed by atoms with van der Waals surface area (Å²) in [4.78, 5) is 19.7. The molecule has 26 heavy (non-hydrogen) atoms. The lowest BCUT2D eigenvalue weighted by Crippen LogP contribution is -2.55. The summed E-state index contributed by atoms with van der Waals surface area (Å²) >= 11 is 0. The third kappa shape index (κ3) is 3.34. The highest BCUT2D eigenvalue weighted by molar-refractivity contribution is 5.69. The zero-order chi connectivity index (χ0) is 18.5. The second-order valence-corrected chi connectivity index (χ2v) is 9.50. The normalized spacial score (nSPS) is 32.5. The lowest BCUT2D eigenvalue weighted by Gasteiger charge is -2.57. The molecule has 1 aromatic rings. The number of nitrogens with zero attached hydrogens (tertiary/aromatic N) is 3. The molecule has 0 unspecified atom stereocenters. The van der Waals surface area contributed by atoms with Crippen LogP contribution in [0.4, 0.5) is 17.3 Å². The summed E-state index contributed by atoms with van der Waals surface area (Å²) in [5.74, 6) is 2.82. The van der Waals surface area contributed by atoms with Crippen molar-refractivity contribution in [3.63, 3.8) is 0 Å². The molecule has 0 aromatic carbocycles. The van der Waals surface area contributed by atoms with Gasteiger partial charge < -0.3 is 5.32 Å². The highest BCUT2D eigenvalue weighted by atomic mass is 16.6. The summed E-state index contributed by atoms with van der Waals surface area (Å²) in [6, 6.07) is 0. The molecule has 0 aliphatic heterocycles. The number of hydrogen-bond donors (Lipinski definition) is 3. The average molecular weight is 360 g/mol. The van der Waals surface area contributed by atoms with Crippen LogP contribution < -0.4 is 16.2 Å². The van der Waals surface area contributed by atoms with Gasteiger partial charge in [0.2, 0.25) is 11.6 Å². The second kappa shape index (κ2) is 6.04. The highest BCUT2D eigenvalue weighted by Crippen LogP contribution is 2.56. The number of nitrogens with one attached hydrogen (secondary N) is 3. The third-order valence-corrected chi connectivity index (χ3v) is 5.98. The van der Waals surface area contributed by atoms with E-state index in [1.54, 1.807) is 0 Å². The van der Waals surface area contributed by atoms with E-state index in [1.807, 2.05) is 20.8 Å². The van der Waals surface area contributed by atoms with Crippen LogP contribution in [0.1, 0.15) is 59.3 Å². The van der Waals surface area contributed by atoms with Gasteiger partial charge in [0.25, 0.3) is 0 Å². The molecular formula is C18H28N6O2. The van der Waals surface area contributed by atoms with Crippen molar-refractivity contribution >= 4 is 17.3 Å². The van der Waals surface area contributed by atoms with Crippen molar-refractivity contribution in [2.45, 2.75) is 70.4 Å². The van der Waals surface area contributed by atoms with Gasteiger partial charge in [-0.2, -0.15) is 0 Å². The van der Waals surface area contributed by atoms with Crippen LogP contribution in [0, 0.1) is 27.9 Å². The Morgan fingerprint density at radius 1 is 1.08 bits per heavy atom. The molecule has 0 amide bonds. The van der Waals surface area contributed by atoms with Crippen molar-refractivity contribution < 1.29 is 4.92 Å². The van der Waals surface area contributed by atoms with E-state index in [1.165, 1.54) is 25.6 Å². The fourth-order valence-electron chi connectivity index (χ4n) is 5.50. The van der Waals surface area contributed by atoms with Crippen LogP contribution in [0.3, 0.4) is 0 Å². The maximum atomic E-state index is 11.8. The highest BCUT2D eigenvalue weighted by Gasteiger charge is 2.51. The predicted octanol–water partition coefficient (Wildman–Crippen LogP) is 3.48. The van der Waals surface area contributed by atoms with Gasteiger partial charge in [0.15, 0.2) is 0 Å². The van der Waals surface area contributed by atoms with Gasteiger partial charge in [0.1, 0.15) is 6.33 Å². The summed E-state index contributed by atoms with van der Waals surface area (Å²) in [6.45, 7) is 5.92. The molecule has 1 heterocycles. The van der Waals surface area contributed by atoms with E-state index >= 15 is 0 Å². The van der Waals surface area contributed by atoms with Crippen molar-refractivity contribution in [2.24, 2.45) is 17.8 Å². The molecule has 4 aliphatic carbocycles. The molecule has 3 N–H and O–H groups in total. The minimum atomic E-state index is -0.393. The van der Waals surface area contributed by atoms with Crippen molar-refractivity contribution in [2.75, 3.05) is 10.7 Å². The van der Waals surface area contributed by atoms with Crippen molar-refractivity contribution in [1.82, 2.24) is 15.4 Å². The van der Waals surface area contributed by atoms with Gasteiger partial charge in [0, 0.05) is 11.1 Å². The lowest BCUT2D eigenvalue weighted by molar-refractivity contribution is -0.383. The van der Waals surface area contributed by atoms with Crippen molar-refractivity contribution in [1.29, 1.82) is 0 Å². The van der Waals surface area contributed by atoms with Gasteiger partial charge in [0.05, 0.1) is 4.92 Å². The molecule has 4 aliphatic rings. The SMILES string of the molecule is CC(C)(C)NNc1ncnc(NC23CC4CC(CC(C4)C2)C3)c1[N+](=O)[O-]. The van der Waals surface area contributed by atoms with Crippen LogP contribution in [-0.2, 0) is 0 Å². The third-order valence-electron chi connectivity index (χ3n) is 5.98. The second-order valence-electron chi connectivity index (χ2n) is 9.50. The molecule has 8 nitrogen and oxygen atoms in total. The van der Waals surface area contributed by atoms with E-state index in [2.05, 4.69) is 26.1 Å². The Morgan fingerprint density at radius 3 is 2.12 bits per heavy atom. The minimum Gasteiger partial charge on any atom is -0.359 e. The van der Waals surface area contributed by atoms with Crippen molar-refractivity contribution in [3.05, 3.63) is 16.4 Å². The zero-order valence-corrected chi connectivity index (χ0v) is 15.7. The number of nitro groups is 1. The van der Waals surface area contributed by atoms with E-state index < -0.39 is 4.92 Å². The van der Waals surface area contributed by atoms with E-state index in [0.29, 0.717) is 5.82 Å². The predicted molar refractivity (Wildman–Crippen MR) is 99.7 cm³/mol. The molecule has 0 saturated heterocycles. The van der Waals surface area contributed by atoms with Gasteiger partial charge in [-0.1, -0.05) is 0 Å². The van der Waals surface area contributed by atoms with Gasteiger partial charge in [-0.05, 0) is 77.0 Å². The lowest BCUT2D eigenvalue weighted by atomic mass is 9.53. The number of rotatable bonds is 5. The first-order valence-corrected chi connectivity index (χ1v) is 9.54. The van der Waals surface area contributed by atoms with Crippen LogP contribution in [-0.4, -0.2) is 26.0 Å². The topological polar surface area (TPSA) is 105 Å². The first-order valence-electron chi connectivity index (χ1n) is 9.54. The van der Waals surface area contributed by atoms with Gasteiger partial charge in [-0.25, -0.2) is 15.4 Å². The Kier molecular flexibility index (Phi) is 4.06. The van der Waals surface area contributed by atoms with E-state index in [4.69, 9.17) is 0 Å². The first kappa shape index (κ1) is 17.5. The van der Waals surface area contributed by atoms with E-state index in [-0.39, 0.29) is 22.6 Å². The molecule has 142 valence electrons. The van der Waals surface area contributed by atoms with E-state index in [0.717, 1.165) is 37.0 Å². The quantitative estimate of drug-likeness (QED) is 0.545. The largest absolute Gasteiger partial charge is 0.359 e. The van der Waals surface area contributed by atoms with Crippen LogP contribution in [0.15, 0.2) is 6.33 Å². The zero-order valence-electron chi connectivity index (χ0n) is 15.7. The summed E-state index contributed by atoms with van der Waals surface area (Å²) in [5.41, 5.74) is 5.58. The number of anilines is 2. The Morgan fingerprint density at radius 2 is 1.62 bits per heavy atom. The first-order chi connectivity index (χ1) is 12.2. The maximum Gasteiger partial charge on any atom is 0.354 e. The number of hydrazine groups is 1. The van der Waals surface area contributed by atoms with Crippen LogP contribution >= 0.6 is 0 Å². The summed E-state index contributed by atoms with van der Waals surface area (Å²) in [7, 11) is 0. The molecule has 4 bridgehead atoms. The number of aromatic nitrogens is 2.